The highest BCUT2D eigenvalue weighted by atomic mass is 35.5. The highest BCUT2D eigenvalue weighted by Crippen LogP contribution is 2.34. The molecular weight excluding hydrogens is 280 g/mol. The van der Waals surface area contributed by atoms with Crippen LogP contribution in [0.25, 0.3) is 0 Å². The second-order valence-electron chi connectivity index (χ2n) is 5.03. The molecule has 1 fully saturated rings. The Morgan fingerprint density at radius 1 is 1.60 bits per heavy atom. The van der Waals surface area contributed by atoms with E-state index in [9.17, 15) is 4.79 Å². The predicted octanol–water partition coefficient (Wildman–Crippen LogP) is 1.61. The van der Waals surface area contributed by atoms with Crippen LogP contribution in [0.3, 0.4) is 0 Å². The van der Waals surface area contributed by atoms with Crippen molar-refractivity contribution in [2.24, 2.45) is 15.9 Å². The Kier molecular flexibility index (Phi) is 3.35. The second kappa shape index (κ2) is 5.03. The van der Waals surface area contributed by atoms with Gasteiger partial charge in [-0.3, -0.25) is 9.79 Å². The van der Waals surface area contributed by atoms with E-state index in [-0.39, 0.29) is 15.9 Å². The molecule has 20 heavy (non-hydrogen) atoms. The molecule has 0 amide bonds. The number of carbonyl (C=O) groups is 1. The number of nitrogens with zero attached hydrogens (tertiary/aromatic N) is 4. The molecular formula is C13H16ClN4O2+. The lowest BCUT2D eigenvalue weighted by molar-refractivity contribution is -0.592. The average Bonchev–Trinajstić information content (AvgIpc) is 2.84. The van der Waals surface area contributed by atoms with E-state index in [0.717, 1.165) is 30.9 Å². The number of fused-ring (bicyclic) bond motifs is 1. The number of halogens is 1. The molecule has 0 aromatic carbocycles. The van der Waals surface area contributed by atoms with E-state index in [1.54, 1.807) is 25.0 Å². The normalized spacial score (nSPS) is 31.7. The van der Waals surface area contributed by atoms with Crippen molar-refractivity contribution in [3.05, 3.63) is 23.9 Å². The van der Waals surface area contributed by atoms with Crippen molar-refractivity contribution in [2.45, 2.75) is 12.8 Å². The number of aliphatic imine (C=N–C) groups is 2. The fraction of sp³-hybridized carbons (Fsp3) is 0.462. The molecule has 2 unspecified atom stereocenters. The van der Waals surface area contributed by atoms with E-state index in [0.29, 0.717) is 6.54 Å². The number of likely N-dealkylation sites (tertiary alicyclic amines) is 1. The first kappa shape index (κ1) is 13.3. The maximum absolute atomic E-state index is 11.7. The van der Waals surface area contributed by atoms with E-state index in [4.69, 9.17) is 16.5 Å². The molecule has 6 nitrogen and oxygen atoms in total. The zero-order chi connectivity index (χ0) is 14.2. The number of esters is 1. The first-order chi connectivity index (χ1) is 9.64. The van der Waals surface area contributed by atoms with Gasteiger partial charge in [0, 0.05) is 13.1 Å². The number of hydrogen-bond acceptors (Lipinski definition) is 5. The Morgan fingerprint density at radius 3 is 3.25 bits per heavy atom. The predicted molar refractivity (Wildman–Crippen MR) is 75.6 cm³/mol. The topological polar surface area (TPSA) is 54.3 Å². The molecule has 3 aliphatic heterocycles. The first-order valence-electron chi connectivity index (χ1n) is 6.56. The molecule has 2 atom stereocenters. The van der Waals surface area contributed by atoms with Gasteiger partial charge >= 0.3 is 5.97 Å². The zero-order valence-corrected chi connectivity index (χ0v) is 12.0. The standard InChI is InChI=1S/C13H16ClN4O2/c1-20-13(19)10-3-2-5-17(8-10)12-11-7-15-4-6-18(11,14)9-16-12/h4,6-7,9-10H,2-3,5,8H2,1H3/q+1. The number of rotatable bonds is 2. The van der Waals surface area contributed by atoms with Crippen LogP contribution in [0.5, 0.6) is 0 Å². The van der Waals surface area contributed by atoms with E-state index in [1.807, 2.05) is 0 Å². The van der Waals surface area contributed by atoms with Gasteiger partial charge in [-0.2, -0.15) is 4.99 Å². The largest absolute Gasteiger partial charge is 0.469 e. The molecule has 0 aliphatic carbocycles. The van der Waals surface area contributed by atoms with Gasteiger partial charge in [0.05, 0.1) is 25.4 Å². The van der Waals surface area contributed by atoms with Crippen molar-refractivity contribution in [2.75, 3.05) is 20.2 Å². The van der Waals surface area contributed by atoms with E-state index >= 15 is 0 Å². The summed E-state index contributed by atoms with van der Waals surface area (Å²) in [6, 6.07) is 0. The molecule has 3 heterocycles. The fourth-order valence-corrected chi connectivity index (χ4v) is 2.92. The monoisotopic (exact) mass is 295 g/mol. The van der Waals surface area contributed by atoms with Crippen molar-refractivity contribution < 1.29 is 13.5 Å². The summed E-state index contributed by atoms with van der Waals surface area (Å²) in [6.07, 6.45) is 8.58. The molecule has 7 heteroatoms. The number of quaternary nitrogens is 1. The van der Waals surface area contributed by atoms with Gasteiger partial charge in [0.25, 0.3) is 0 Å². The molecule has 0 saturated carbocycles. The van der Waals surface area contributed by atoms with Crippen LogP contribution in [0, 0.1) is 5.92 Å². The number of ether oxygens (including phenoxy) is 1. The first-order valence-corrected chi connectivity index (χ1v) is 6.90. The van der Waals surface area contributed by atoms with Gasteiger partial charge in [0.15, 0.2) is 17.6 Å². The van der Waals surface area contributed by atoms with Crippen LogP contribution in [-0.4, -0.2) is 47.6 Å². The third-order valence-corrected chi connectivity index (χ3v) is 4.15. The van der Waals surface area contributed by atoms with Gasteiger partial charge in [-0.1, -0.05) is 0 Å². The summed E-state index contributed by atoms with van der Waals surface area (Å²) in [6.45, 7) is 1.47. The minimum absolute atomic E-state index is 0.0121. The van der Waals surface area contributed by atoms with Crippen LogP contribution in [0.2, 0.25) is 0 Å². The molecule has 0 bridgehead atoms. The van der Waals surface area contributed by atoms with E-state index in [2.05, 4.69) is 14.9 Å². The molecule has 106 valence electrons. The zero-order valence-electron chi connectivity index (χ0n) is 11.2. The summed E-state index contributed by atoms with van der Waals surface area (Å²) < 4.78 is 4.85. The summed E-state index contributed by atoms with van der Waals surface area (Å²) in [5.74, 6) is 0.527. The highest BCUT2D eigenvalue weighted by molar-refractivity contribution is 6.14. The summed E-state index contributed by atoms with van der Waals surface area (Å²) in [5, 5.41) is 0. The molecule has 1 saturated heterocycles. The molecule has 0 aromatic rings. The Hall–Kier alpha value is -1.66. The van der Waals surface area contributed by atoms with Crippen LogP contribution in [-0.2, 0) is 9.53 Å². The van der Waals surface area contributed by atoms with Gasteiger partial charge in [-0.25, -0.2) is 0 Å². The van der Waals surface area contributed by atoms with Gasteiger partial charge < -0.3 is 9.64 Å². The maximum Gasteiger partial charge on any atom is 0.310 e. The summed E-state index contributed by atoms with van der Waals surface area (Å²) in [4.78, 5) is 22.3. The Morgan fingerprint density at radius 2 is 2.45 bits per heavy atom. The van der Waals surface area contributed by atoms with Gasteiger partial charge in [0.1, 0.15) is 6.20 Å². The smallest absolute Gasteiger partial charge is 0.310 e. The van der Waals surface area contributed by atoms with Crippen LogP contribution < -0.4 is 0 Å². The van der Waals surface area contributed by atoms with Crippen molar-refractivity contribution >= 4 is 30.3 Å². The Bertz CT molecular complexity index is 555. The van der Waals surface area contributed by atoms with Crippen molar-refractivity contribution in [3.8, 4) is 0 Å². The summed E-state index contributed by atoms with van der Waals surface area (Å²) in [7, 11) is 1.43. The van der Waals surface area contributed by atoms with Gasteiger partial charge in [-0.05, 0) is 12.8 Å². The number of hydrogen-bond donors (Lipinski definition) is 0. The summed E-state index contributed by atoms with van der Waals surface area (Å²) >= 11 is 6.45. The van der Waals surface area contributed by atoms with Crippen molar-refractivity contribution in [1.29, 1.82) is 0 Å². The van der Waals surface area contributed by atoms with Crippen LogP contribution in [0.4, 0.5) is 0 Å². The maximum atomic E-state index is 11.7. The third kappa shape index (κ3) is 2.14. The molecule has 0 aromatic heterocycles. The van der Waals surface area contributed by atoms with Gasteiger partial charge in [-0.15, -0.1) is 4.00 Å². The lowest BCUT2D eigenvalue weighted by atomic mass is 9.98. The van der Waals surface area contributed by atoms with Crippen LogP contribution >= 0.6 is 11.8 Å². The summed E-state index contributed by atoms with van der Waals surface area (Å²) in [5.41, 5.74) is 0.819. The number of methoxy groups -OCH3 is 1. The molecule has 0 N–H and O–H groups in total. The molecule has 3 aliphatic rings. The van der Waals surface area contributed by atoms with Gasteiger partial charge in [0.2, 0.25) is 12.0 Å². The van der Waals surface area contributed by atoms with Crippen molar-refractivity contribution in [1.82, 2.24) is 4.90 Å². The lowest BCUT2D eigenvalue weighted by Gasteiger charge is -2.32. The Labute approximate surface area is 122 Å². The van der Waals surface area contributed by atoms with Crippen LogP contribution in [0.1, 0.15) is 12.8 Å². The second-order valence-corrected chi connectivity index (χ2v) is 5.58. The third-order valence-electron chi connectivity index (χ3n) is 3.77. The SMILES string of the molecule is COC(=O)C1CCCN(C2=C3C=NC=C[N+]3(Cl)C=N2)C1. The number of carbonyl (C=O) groups excluding carboxylic acids is 1. The van der Waals surface area contributed by atoms with E-state index in [1.165, 1.54) is 7.11 Å². The quantitative estimate of drug-likeness (QED) is 0.574. The Balaban J connectivity index is 1.85. The van der Waals surface area contributed by atoms with Crippen molar-refractivity contribution in [3.63, 3.8) is 0 Å². The number of piperidine rings is 1. The van der Waals surface area contributed by atoms with E-state index < -0.39 is 0 Å². The lowest BCUT2D eigenvalue weighted by Crippen LogP contribution is -2.39. The molecule has 0 spiro atoms. The number of allylic oxidation sites excluding steroid dienone is 1. The highest BCUT2D eigenvalue weighted by Gasteiger charge is 2.41. The minimum atomic E-state index is -0.161. The van der Waals surface area contributed by atoms with Crippen LogP contribution in [0.15, 0.2) is 33.9 Å². The minimum Gasteiger partial charge on any atom is -0.469 e. The average molecular weight is 296 g/mol. The molecule has 3 rings (SSSR count). The fourth-order valence-electron chi connectivity index (χ4n) is 2.71. The molecule has 0 radical (unpaired) electrons.